The molecule has 0 aromatic carbocycles. The van der Waals surface area contributed by atoms with Gasteiger partial charge in [0.25, 0.3) is 0 Å². The third-order valence-electron chi connectivity index (χ3n) is 4.19. The molecule has 1 aromatic rings. The fourth-order valence-corrected chi connectivity index (χ4v) is 2.41. The summed E-state index contributed by atoms with van der Waals surface area (Å²) in [6, 6.07) is -4.99. The molecule has 0 saturated heterocycles. The zero-order valence-corrected chi connectivity index (χ0v) is 16.8. The van der Waals surface area contributed by atoms with Crippen LogP contribution >= 0.6 is 0 Å². The third-order valence-corrected chi connectivity index (χ3v) is 4.19. The Bertz CT molecular complexity index is 784. The van der Waals surface area contributed by atoms with E-state index in [1.165, 1.54) is 19.4 Å². The molecule has 4 unspecified atom stereocenters. The van der Waals surface area contributed by atoms with Crippen molar-refractivity contribution >= 4 is 29.6 Å². The van der Waals surface area contributed by atoms with Gasteiger partial charge in [0.15, 0.2) is 0 Å². The Labute approximate surface area is 177 Å². The monoisotopic (exact) mass is 441 g/mol. The van der Waals surface area contributed by atoms with Gasteiger partial charge in [-0.05, 0) is 13.3 Å². The van der Waals surface area contributed by atoms with Gasteiger partial charge in [-0.15, -0.1) is 0 Å². The number of carboxylic acid groups (broad SMARTS) is 1. The standard InChI is InChI=1S/C17H27N7O7/c1-8(22-15(28)10(18)6-25)14(27)23-11(2-3-13(19)26)16(29)24-12(17(30)31)4-9-5-20-7-21-9/h5,7-8,10-12,25H,2-4,6,18H2,1H3,(H2,19,26)(H,20,21)(H,22,28)(H,23,27)(H,24,29)(H,30,31). The molecule has 172 valence electrons. The van der Waals surface area contributed by atoms with Crippen LogP contribution in [0.3, 0.4) is 0 Å². The average molecular weight is 441 g/mol. The van der Waals surface area contributed by atoms with Gasteiger partial charge in [-0.1, -0.05) is 0 Å². The predicted octanol–water partition coefficient (Wildman–Crippen LogP) is -3.90. The molecule has 0 fully saturated rings. The molecule has 1 heterocycles. The van der Waals surface area contributed by atoms with E-state index in [0.29, 0.717) is 5.69 Å². The molecule has 0 saturated carbocycles. The molecule has 10 N–H and O–H groups in total. The number of hydrogen-bond acceptors (Lipinski definition) is 8. The highest BCUT2D eigenvalue weighted by Crippen LogP contribution is 2.03. The number of aliphatic hydroxyl groups excluding tert-OH is 1. The Morgan fingerprint density at radius 2 is 1.74 bits per heavy atom. The first-order valence-corrected chi connectivity index (χ1v) is 9.31. The van der Waals surface area contributed by atoms with Crippen LogP contribution in [0, 0.1) is 0 Å². The molecule has 1 aromatic heterocycles. The van der Waals surface area contributed by atoms with E-state index in [9.17, 15) is 29.1 Å². The zero-order valence-electron chi connectivity index (χ0n) is 16.8. The van der Waals surface area contributed by atoms with Crippen molar-refractivity contribution in [3.05, 3.63) is 18.2 Å². The predicted molar refractivity (Wildman–Crippen MR) is 105 cm³/mol. The highest BCUT2D eigenvalue weighted by atomic mass is 16.4. The fourth-order valence-electron chi connectivity index (χ4n) is 2.41. The summed E-state index contributed by atoms with van der Waals surface area (Å²) in [7, 11) is 0. The number of nitrogens with one attached hydrogen (secondary N) is 4. The number of rotatable bonds is 13. The molecule has 4 amide bonds. The molecular formula is C17H27N7O7. The maximum atomic E-state index is 12.6. The average Bonchev–Trinajstić information content (AvgIpc) is 3.22. The number of aliphatic carboxylic acids is 1. The number of carbonyl (C=O) groups is 5. The van der Waals surface area contributed by atoms with Crippen LogP contribution in [0.4, 0.5) is 0 Å². The summed E-state index contributed by atoms with van der Waals surface area (Å²) in [5.74, 6) is -4.47. The third kappa shape index (κ3) is 8.79. The summed E-state index contributed by atoms with van der Waals surface area (Å²) >= 11 is 0. The van der Waals surface area contributed by atoms with Gasteiger partial charge in [0.1, 0.15) is 24.2 Å². The number of carboxylic acids is 1. The summed E-state index contributed by atoms with van der Waals surface area (Å²) in [4.78, 5) is 65.8. The Kier molecular flexibility index (Phi) is 10.1. The first-order chi connectivity index (χ1) is 14.5. The van der Waals surface area contributed by atoms with Crippen LogP contribution in [0.1, 0.15) is 25.5 Å². The molecule has 14 heteroatoms. The normalized spacial score (nSPS) is 14.5. The fraction of sp³-hybridized carbons (Fsp3) is 0.529. The van der Waals surface area contributed by atoms with Crippen LogP contribution in [0.2, 0.25) is 0 Å². The minimum Gasteiger partial charge on any atom is -0.480 e. The molecular weight excluding hydrogens is 414 g/mol. The van der Waals surface area contributed by atoms with Gasteiger partial charge in [-0.2, -0.15) is 0 Å². The van der Waals surface area contributed by atoms with Crippen LogP contribution < -0.4 is 27.4 Å². The number of imidazole rings is 1. The van der Waals surface area contributed by atoms with E-state index >= 15 is 0 Å². The minimum absolute atomic E-state index is 0.0942. The van der Waals surface area contributed by atoms with E-state index in [1.54, 1.807) is 0 Å². The number of H-pyrrole nitrogens is 1. The van der Waals surface area contributed by atoms with Gasteiger partial charge in [0.2, 0.25) is 23.6 Å². The molecule has 0 aliphatic heterocycles. The highest BCUT2D eigenvalue weighted by molar-refractivity contribution is 5.94. The van der Waals surface area contributed by atoms with Gasteiger partial charge in [-0.3, -0.25) is 19.2 Å². The van der Waals surface area contributed by atoms with Crippen molar-refractivity contribution in [3.8, 4) is 0 Å². The summed E-state index contributed by atoms with van der Waals surface area (Å²) in [5, 5.41) is 25.2. The number of nitrogens with two attached hydrogens (primary N) is 2. The van der Waals surface area contributed by atoms with Crippen molar-refractivity contribution in [1.82, 2.24) is 25.9 Å². The summed E-state index contributed by atoms with van der Waals surface area (Å²) in [6.45, 7) is 0.690. The summed E-state index contributed by atoms with van der Waals surface area (Å²) in [6.07, 6.45) is 2.20. The Hall–Kier alpha value is -3.52. The lowest BCUT2D eigenvalue weighted by atomic mass is 10.1. The Morgan fingerprint density at radius 1 is 1.10 bits per heavy atom. The number of amides is 4. The van der Waals surface area contributed by atoms with E-state index in [-0.39, 0.29) is 19.3 Å². The number of aliphatic hydroxyl groups is 1. The lowest BCUT2D eigenvalue weighted by molar-refractivity contribution is -0.142. The van der Waals surface area contributed by atoms with Crippen LogP contribution in [-0.4, -0.2) is 80.6 Å². The van der Waals surface area contributed by atoms with Crippen molar-refractivity contribution in [2.75, 3.05) is 6.61 Å². The lowest BCUT2D eigenvalue weighted by Gasteiger charge is -2.23. The maximum Gasteiger partial charge on any atom is 0.326 e. The number of aromatic amines is 1. The second-order valence-corrected chi connectivity index (χ2v) is 6.77. The molecule has 0 aliphatic carbocycles. The Balaban J connectivity index is 2.84. The van der Waals surface area contributed by atoms with E-state index in [0.717, 1.165) is 0 Å². The van der Waals surface area contributed by atoms with E-state index < -0.39 is 60.4 Å². The molecule has 31 heavy (non-hydrogen) atoms. The zero-order chi connectivity index (χ0) is 23.6. The number of primary amides is 1. The van der Waals surface area contributed by atoms with Gasteiger partial charge in [0.05, 0.1) is 12.9 Å². The molecule has 0 bridgehead atoms. The van der Waals surface area contributed by atoms with Crippen LogP contribution in [0.25, 0.3) is 0 Å². The first kappa shape index (κ1) is 25.5. The van der Waals surface area contributed by atoms with Crippen molar-refractivity contribution in [1.29, 1.82) is 0 Å². The second kappa shape index (κ2) is 12.2. The summed E-state index contributed by atoms with van der Waals surface area (Å²) in [5.41, 5.74) is 10.9. The van der Waals surface area contributed by atoms with Crippen molar-refractivity contribution < 1.29 is 34.2 Å². The number of carbonyl (C=O) groups excluding carboxylic acids is 4. The van der Waals surface area contributed by atoms with Crippen LogP contribution in [0.5, 0.6) is 0 Å². The molecule has 0 spiro atoms. The number of aromatic nitrogens is 2. The molecule has 4 atom stereocenters. The topological polar surface area (TPSA) is 243 Å². The van der Waals surface area contributed by atoms with Crippen LogP contribution in [-0.2, 0) is 30.4 Å². The number of nitrogens with zero attached hydrogens (tertiary/aromatic N) is 1. The van der Waals surface area contributed by atoms with Crippen molar-refractivity contribution in [2.24, 2.45) is 11.5 Å². The van der Waals surface area contributed by atoms with E-state index in [2.05, 4.69) is 25.9 Å². The second-order valence-electron chi connectivity index (χ2n) is 6.77. The minimum atomic E-state index is -1.33. The molecule has 1 rings (SSSR count). The van der Waals surface area contributed by atoms with Gasteiger partial charge < -0.3 is 42.6 Å². The highest BCUT2D eigenvalue weighted by Gasteiger charge is 2.29. The first-order valence-electron chi connectivity index (χ1n) is 9.31. The quantitative estimate of drug-likeness (QED) is 0.149. The van der Waals surface area contributed by atoms with Gasteiger partial charge in [0, 0.05) is 24.7 Å². The van der Waals surface area contributed by atoms with Gasteiger partial charge >= 0.3 is 5.97 Å². The van der Waals surface area contributed by atoms with Crippen molar-refractivity contribution in [3.63, 3.8) is 0 Å². The molecule has 0 radical (unpaired) electrons. The van der Waals surface area contributed by atoms with Gasteiger partial charge in [-0.25, -0.2) is 9.78 Å². The van der Waals surface area contributed by atoms with E-state index in [1.807, 2.05) is 0 Å². The largest absolute Gasteiger partial charge is 0.480 e. The lowest BCUT2D eigenvalue weighted by Crippen LogP contribution is -2.57. The molecule has 14 nitrogen and oxygen atoms in total. The maximum absolute atomic E-state index is 12.6. The van der Waals surface area contributed by atoms with Crippen LogP contribution in [0.15, 0.2) is 12.5 Å². The van der Waals surface area contributed by atoms with E-state index in [4.69, 9.17) is 16.6 Å². The number of hydrogen-bond donors (Lipinski definition) is 8. The molecule has 0 aliphatic rings. The SMILES string of the molecule is CC(NC(=O)C(N)CO)C(=O)NC(CCC(N)=O)C(=O)NC(Cc1cnc[nH]1)C(=O)O. The van der Waals surface area contributed by atoms with Crippen molar-refractivity contribution in [2.45, 2.75) is 50.4 Å². The Morgan fingerprint density at radius 3 is 2.26 bits per heavy atom. The smallest absolute Gasteiger partial charge is 0.326 e. The summed E-state index contributed by atoms with van der Waals surface area (Å²) < 4.78 is 0.